The second-order valence-corrected chi connectivity index (χ2v) is 7.96. The Balaban J connectivity index is 1.56. The molecule has 4 nitrogen and oxygen atoms in total. The SMILES string of the molecule is Cc1ccc(C(C)C)c(Oc2ccc(N3C(=O)[C@H]4CC=CC[C@H]4C3=O)cc2)c1. The number of carbonyl (C=O) groups is 2. The highest BCUT2D eigenvalue weighted by molar-refractivity contribution is 6.22. The van der Waals surface area contributed by atoms with Crippen LogP contribution in [0.4, 0.5) is 5.69 Å². The van der Waals surface area contributed by atoms with E-state index in [1.807, 2.05) is 37.3 Å². The molecule has 0 radical (unpaired) electrons. The van der Waals surface area contributed by atoms with Gasteiger partial charge >= 0.3 is 0 Å². The van der Waals surface area contributed by atoms with E-state index in [-0.39, 0.29) is 23.7 Å². The van der Waals surface area contributed by atoms with E-state index < -0.39 is 0 Å². The lowest BCUT2D eigenvalue weighted by Crippen LogP contribution is -2.30. The Bertz CT molecular complexity index is 917. The number of allylic oxidation sites excluding steroid dienone is 2. The summed E-state index contributed by atoms with van der Waals surface area (Å²) in [6, 6.07) is 13.5. The molecule has 28 heavy (non-hydrogen) atoms. The summed E-state index contributed by atoms with van der Waals surface area (Å²) in [5, 5.41) is 0. The van der Waals surface area contributed by atoms with Crippen molar-refractivity contribution in [3.8, 4) is 11.5 Å². The van der Waals surface area contributed by atoms with Crippen molar-refractivity contribution in [2.75, 3.05) is 4.90 Å². The largest absolute Gasteiger partial charge is 0.457 e. The van der Waals surface area contributed by atoms with Crippen molar-refractivity contribution < 1.29 is 14.3 Å². The van der Waals surface area contributed by atoms with E-state index >= 15 is 0 Å². The number of amides is 2. The fraction of sp³-hybridized carbons (Fsp3) is 0.333. The third-order valence-electron chi connectivity index (χ3n) is 5.62. The van der Waals surface area contributed by atoms with Crippen LogP contribution in [0.3, 0.4) is 0 Å². The molecular weight excluding hydrogens is 350 g/mol. The van der Waals surface area contributed by atoms with Crippen molar-refractivity contribution in [2.24, 2.45) is 11.8 Å². The van der Waals surface area contributed by atoms with Crippen LogP contribution in [0.1, 0.15) is 43.7 Å². The molecule has 144 valence electrons. The monoisotopic (exact) mass is 375 g/mol. The Morgan fingerprint density at radius 1 is 0.929 bits per heavy atom. The number of anilines is 1. The van der Waals surface area contributed by atoms with Crippen LogP contribution in [0.25, 0.3) is 0 Å². The number of aryl methyl sites for hydroxylation is 1. The van der Waals surface area contributed by atoms with Crippen LogP contribution in [0.5, 0.6) is 11.5 Å². The summed E-state index contributed by atoms with van der Waals surface area (Å²) in [5.74, 6) is 1.28. The topological polar surface area (TPSA) is 46.6 Å². The molecule has 0 spiro atoms. The van der Waals surface area contributed by atoms with Crippen molar-refractivity contribution in [2.45, 2.75) is 39.5 Å². The summed E-state index contributed by atoms with van der Waals surface area (Å²) in [6.45, 7) is 6.32. The van der Waals surface area contributed by atoms with Crippen molar-refractivity contribution in [1.82, 2.24) is 0 Å². The summed E-state index contributed by atoms with van der Waals surface area (Å²) in [6.07, 6.45) is 5.30. The Labute approximate surface area is 165 Å². The number of carbonyl (C=O) groups excluding carboxylic acids is 2. The van der Waals surface area contributed by atoms with Gasteiger partial charge in [0.25, 0.3) is 0 Å². The molecule has 0 unspecified atom stereocenters. The number of fused-ring (bicyclic) bond motifs is 1. The third kappa shape index (κ3) is 3.24. The molecule has 0 bridgehead atoms. The van der Waals surface area contributed by atoms with Gasteiger partial charge in [0.1, 0.15) is 11.5 Å². The minimum atomic E-state index is -0.214. The summed E-state index contributed by atoms with van der Waals surface area (Å²) in [4.78, 5) is 26.8. The van der Waals surface area contributed by atoms with Crippen molar-refractivity contribution >= 4 is 17.5 Å². The lowest BCUT2D eigenvalue weighted by molar-refractivity contribution is -0.122. The van der Waals surface area contributed by atoms with Crippen molar-refractivity contribution in [3.63, 3.8) is 0 Å². The molecule has 1 saturated heterocycles. The molecule has 2 atom stereocenters. The summed E-state index contributed by atoms with van der Waals surface area (Å²) in [7, 11) is 0. The number of rotatable bonds is 4. The number of nitrogens with zero attached hydrogens (tertiary/aromatic N) is 1. The Morgan fingerprint density at radius 3 is 2.11 bits per heavy atom. The van der Waals surface area contributed by atoms with Crippen LogP contribution in [0.2, 0.25) is 0 Å². The zero-order valence-corrected chi connectivity index (χ0v) is 16.5. The van der Waals surface area contributed by atoms with Gasteiger partial charge in [-0.2, -0.15) is 0 Å². The zero-order chi connectivity index (χ0) is 19.8. The molecule has 0 saturated carbocycles. The first-order valence-electron chi connectivity index (χ1n) is 9.87. The molecule has 0 aromatic heterocycles. The van der Waals surface area contributed by atoms with Gasteiger partial charge in [-0.25, -0.2) is 0 Å². The minimum absolute atomic E-state index is 0.0891. The lowest BCUT2D eigenvalue weighted by Gasteiger charge is -2.17. The number of hydrogen-bond acceptors (Lipinski definition) is 3. The number of ether oxygens (including phenoxy) is 1. The quantitative estimate of drug-likeness (QED) is 0.533. The highest BCUT2D eigenvalue weighted by Crippen LogP contribution is 2.38. The van der Waals surface area contributed by atoms with E-state index in [1.54, 1.807) is 12.1 Å². The first kappa shape index (κ1) is 18.5. The van der Waals surface area contributed by atoms with Crippen LogP contribution in [0, 0.1) is 18.8 Å². The van der Waals surface area contributed by atoms with Gasteiger partial charge in [0.15, 0.2) is 0 Å². The molecule has 4 heteroatoms. The highest BCUT2D eigenvalue weighted by Gasteiger charge is 2.47. The first-order chi connectivity index (χ1) is 13.5. The van der Waals surface area contributed by atoms with E-state index in [2.05, 4.69) is 26.0 Å². The Hall–Kier alpha value is -2.88. The molecule has 2 aromatic carbocycles. The molecule has 2 amide bonds. The highest BCUT2D eigenvalue weighted by atomic mass is 16.5. The van der Waals surface area contributed by atoms with E-state index in [1.165, 1.54) is 4.90 Å². The Kier molecular flexibility index (Phi) is 4.80. The van der Waals surface area contributed by atoms with Crippen molar-refractivity contribution in [3.05, 3.63) is 65.7 Å². The van der Waals surface area contributed by atoms with Gasteiger partial charge in [-0.3, -0.25) is 14.5 Å². The number of benzene rings is 2. The van der Waals surface area contributed by atoms with Gasteiger partial charge < -0.3 is 4.74 Å². The van der Waals surface area contributed by atoms with E-state index in [0.29, 0.717) is 30.2 Å². The lowest BCUT2D eigenvalue weighted by atomic mass is 9.85. The maximum Gasteiger partial charge on any atom is 0.238 e. The average Bonchev–Trinajstić information content (AvgIpc) is 2.93. The zero-order valence-electron chi connectivity index (χ0n) is 16.5. The van der Waals surface area contributed by atoms with Crippen LogP contribution in [-0.2, 0) is 9.59 Å². The Morgan fingerprint density at radius 2 is 1.54 bits per heavy atom. The smallest absolute Gasteiger partial charge is 0.238 e. The van der Waals surface area contributed by atoms with E-state index in [4.69, 9.17) is 4.74 Å². The molecule has 0 N–H and O–H groups in total. The predicted molar refractivity (Wildman–Crippen MR) is 110 cm³/mol. The maximum atomic E-state index is 12.7. The fourth-order valence-electron chi connectivity index (χ4n) is 4.05. The van der Waals surface area contributed by atoms with Gasteiger partial charge in [0, 0.05) is 0 Å². The van der Waals surface area contributed by atoms with Gasteiger partial charge in [-0.05, 0) is 67.1 Å². The number of imide groups is 1. The summed E-state index contributed by atoms with van der Waals surface area (Å²) < 4.78 is 6.12. The molecule has 1 aliphatic carbocycles. The fourth-order valence-corrected chi connectivity index (χ4v) is 4.05. The van der Waals surface area contributed by atoms with Crippen LogP contribution in [-0.4, -0.2) is 11.8 Å². The molecule has 1 heterocycles. The first-order valence-corrected chi connectivity index (χ1v) is 9.87. The molecule has 1 fully saturated rings. The standard InChI is InChI=1S/C24H25NO3/c1-15(2)19-13-8-16(3)14-22(19)28-18-11-9-17(10-12-18)25-23(26)20-6-4-5-7-21(20)24(25)27/h4-5,8-15,20-21H,6-7H2,1-3H3/t20-,21+. The third-order valence-corrected chi connectivity index (χ3v) is 5.62. The van der Waals surface area contributed by atoms with Gasteiger partial charge in [0.2, 0.25) is 11.8 Å². The van der Waals surface area contributed by atoms with Crippen LogP contribution < -0.4 is 9.64 Å². The predicted octanol–water partition coefficient (Wildman–Crippen LogP) is 5.37. The second kappa shape index (κ2) is 7.27. The molecular formula is C24H25NO3. The second-order valence-electron chi connectivity index (χ2n) is 7.96. The molecule has 1 aliphatic heterocycles. The van der Waals surface area contributed by atoms with Crippen molar-refractivity contribution in [1.29, 1.82) is 0 Å². The van der Waals surface area contributed by atoms with E-state index in [9.17, 15) is 9.59 Å². The minimum Gasteiger partial charge on any atom is -0.457 e. The maximum absolute atomic E-state index is 12.7. The molecule has 2 aliphatic rings. The van der Waals surface area contributed by atoms with Gasteiger partial charge in [-0.15, -0.1) is 0 Å². The summed E-state index contributed by atoms with van der Waals surface area (Å²) >= 11 is 0. The van der Waals surface area contributed by atoms with Gasteiger partial charge in [-0.1, -0.05) is 38.1 Å². The molecule has 2 aromatic rings. The normalized spacial score (nSPS) is 21.4. The summed E-state index contributed by atoms with van der Waals surface area (Å²) in [5.41, 5.74) is 2.90. The number of hydrogen-bond donors (Lipinski definition) is 0. The average molecular weight is 375 g/mol. The van der Waals surface area contributed by atoms with Crippen LogP contribution >= 0.6 is 0 Å². The molecule has 4 rings (SSSR count). The van der Waals surface area contributed by atoms with E-state index in [0.717, 1.165) is 16.9 Å². The van der Waals surface area contributed by atoms with Gasteiger partial charge in [0.05, 0.1) is 17.5 Å². The van der Waals surface area contributed by atoms with Crippen LogP contribution in [0.15, 0.2) is 54.6 Å².